The fraction of sp³-hybridized carbons (Fsp3) is 0.214. The molecule has 0 aliphatic carbocycles. The van der Waals surface area contributed by atoms with Gasteiger partial charge in [-0.3, -0.25) is 10.1 Å². The number of halogens is 2. The number of benzene rings is 1. The number of pyridine rings is 1. The summed E-state index contributed by atoms with van der Waals surface area (Å²) in [7, 11) is 0. The summed E-state index contributed by atoms with van der Waals surface area (Å²) in [5.74, 6) is 0.0809. The van der Waals surface area contributed by atoms with Crippen molar-refractivity contribution in [1.82, 2.24) is 4.98 Å². The predicted octanol–water partition coefficient (Wildman–Crippen LogP) is 3.83. The normalized spacial score (nSPS) is 12.0. The molecular formula is C14H13ClFN3O2. The van der Waals surface area contributed by atoms with Crippen LogP contribution in [0.4, 0.5) is 15.9 Å². The lowest BCUT2D eigenvalue weighted by molar-refractivity contribution is -0.385. The van der Waals surface area contributed by atoms with Crippen LogP contribution < -0.4 is 5.32 Å². The Hall–Kier alpha value is -2.21. The fourth-order valence-electron chi connectivity index (χ4n) is 1.94. The maximum atomic E-state index is 13.1. The van der Waals surface area contributed by atoms with Gasteiger partial charge in [-0.25, -0.2) is 9.37 Å². The molecule has 2 aromatic rings. The van der Waals surface area contributed by atoms with E-state index in [9.17, 15) is 14.5 Å². The van der Waals surface area contributed by atoms with E-state index in [4.69, 9.17) is 11.6 Å². The second-order valence-electron chi connectivity index (χ2n) is 4.66. The zero-order valence-corrected chi connectivity index (χ0v) is 12.0. The van der Waals surface area contributed by atoms with Gasteiger partial charge in [0.15, 0.2) is 0 Å². The molecule has 0 saturated carbocycles. The highest BCUT2D eigenvalue weighted by molar-refractivity contribution is 6.33. The Morgan fingerprint density at radius 1 is 1.48 bits per heavy atom. The van der Waals surface area contributed by atoms with E-state index in [0.29, 0.717) is 12.2 Å². The molecule has 0 amide bonds. The molecule has 5 nitrogen and oxygen atoms in total. The van der Waals surface area contributed by atoms with Gasteiger partial charge >= 0.3 is 0 Å². The molecule has 1 aromatic carbocycles. The van der Waals surface area contributed by atoms with Crippen LogP contribution in [-0.4, -0.2) is 15.9 Å². The fourth-order valence-corrected chi connectivity index (χ4v) is 2.15. The number of anilines is 1. The molecule has 110 valence electrons. The summed E-state index contributed by atoms with van der Waals surface area (Å²) >= 11 is 5.96. The number of rotatable bonds is 5. The van der Waals surface area contributed by atoms with Crippen molar-refractivity contribution >= 4 is 23.1 Å². The predicted molar refractivity (Wildman–Crippen MR) is 79.1 cm³/mol. The van der Waals surface area contributed by atoms with Crippen LogP contribution >= 0.6 is 11.6 Å². The minimum atomic E-state index is -0.557. The van der Waals surface area contributed by atoms with Crippen LogP contribution in [0, 0.1) is 15.9 Å². The molecule has 1 atom stereocenters. The smallest absolute Gasteiger partial charge is 0.289 e. The molecule has 7 heteroatoms. The third kappa shape index (κ3) is 4.13. The van der Waals surface area contributed by atoms with Gasteiger partial charge in [0, 0.05) is 12.1 Å². The van der Waals surface area contributed by atoms with Gasteiger partial charge in [-0.1, -0.05) is 23.7 Å². The van der Waals surface area contributed by atoms with Gasteiger partial charge in [-0.15, -0.1) is 0 Å². The first-order valence-corrected chi connectivity index (χ1v) is 6.64. The van der Waals surface area contributed by atoms with Gasteiger partial charge < -0.3 is 5.32 Å². The van der Waals surface area contributed by atoms with Crippen LogP contribution in [0.25, 0.3) is 0 Å². The van der Waals surface area contributed by atoms with Crippen molar-refractivity contribution in [3.05, 3.63) is 63.0 Å². The van der Waals surface area contributed by atoms with Crippen molar-refractivity contribution in [2.45, 2.75) is 19.4 Å². The van der Waals surface area contributed by atoms with E-state index in [-0.39, 0.29) is 22.6 Å². The largest absolute Gasteiger partial charge is 0.366 e. The number of nitrogens with one attached hydrogen (secondary N) is 1. The van der Waals surface area contributed by atoms with Crippen LogP contribution in [0.1, 0.15) is 12.5 Å². The van der Waals surface area contributed by atoms with E-state index in [0.717, 1.165) is 11.8 Å². The molecule has 21 heavy (non-hydrogen) atoms. The van der Waals surface area contributed by atoms with E-state index >= 15 is 0 Å². The number of hydrogen-bond donors (Lipinski definition) is 1. The number of nitrogens with zero attached hydrogens (tertiary/aromatic N) is 2. The molecule has 2 rings (SSSR count). The van der Waals surface area contributed by atoms with Crippen molar-refractivity contribution < 1.29 is 9.31 Å². The number of nitro groups is 1. The van der Waals surface area contributed by atoms with Crippen LogP contribution in [0.3, 0.4) is 0 Å². The second kappa shape index (κ2) is 6.49. The Kier molecular flexibility index (Phi) is 4.70. The summed E-state index contributed by atoms with van der Waals surface area (Å²) in [6.45, 7) is 1.89. The molecule has 0 aliphatic heterocycles. The van der Waals surface area contributed by atoms with Crippen molar-refractivity contribution in [2.75, 3.05) is 5.32 Å². The van der Waals surface area contributed by atoms with Gasteiger partial charge in [0.2, 0.25) is 0 Å². The maximum absolute atomic E-state index is 13.1. The molecule has 0 fully saturated rings. The zero-order chi connectivity index (χ0) is 15.4. The maximum Gasteiger partial charge on any atom is 0.289 e. The first-order valence-electron chi connectivity index (χ1n) is 6.26. The Bertz CT molecular complexity index is 666. The molecule has 0 spiro atoms. The molecular weight excluding hydrogens is 297 g/mol. The highest BCUT2D eigenvalue weighted by Crippen LogP contribution is 2.24. The molecule has 1 heterocycles. The third-order valence-corrected chi connectivity index (χ3v) is 3.14. The van der Waals surface area contributed by atoms with Crippen LogP contribution in [0.2, 0.25) is 5.02 Å². The Balaban J connectivity index is 2.06. The molecule has 1 unspecified atom stereocenters. The summed E-state index contributed by atoms with van der Waals surface area (Å²) < 4.78 is 13.1. The molecule has 1 aromatic heterocycles. The van der Waals surface area contributed by atoms with Crippen LogP contribution in [-0.2, 0) is 6.42 Å². The first-order chi connectivity index (χ1) is 9.95. The molecule has 0 radical (unpaired) electrons. The highest BCUT2D eigenvalue weighted by atomic mass is 35.5. The topological polar surface area (TPSA) is 68.1 Å². The number of hydrogen-bond acceptors (Lipinski definition) is 4. The Labute approximate surface area is 125 Å². The van der Waals surface area contributed by atoms with Gasteiger partial charge in [-0.05, 0) is 31.0 Å². The Morgan fingerprint density at radius 2 is 2.24 bits per heavy atom. The summed E-state index contributed by atoms with van der Waals surface area (Å²) in [5, 5.41) is 13.8. The molecule has 0 aliphatic rings. The van der Waals surface area contributed by atoms with Crippen molar-refractivity contribution in [1.29, 1.82) is 0 Å². The second-order valence-corrected chi connectivity index (χ2v) is 5.07. The lowest BCUT2D eigenvalue weighted by Crippen LogP contribution is -2.19. The van der Waals surface area contributed by atoms with Crippen LogP contribution in [0.5, 0.6) is 0 Å². The lowest BCUT2D eigenvalue weighted by atomic mass is 10.1. The van der Waals surface area contributed by atoms with E-state index < -0.39 is 4.92 Å². The monoisotopic (exact) mass is 309 g/mol. The average molecular weight is 310 g/mol. The summed E-state index contributed by atoms with van der Waals surface area (Å²) in [5.41, 5.74) is 0.677. The van der Waals surface area contributed by atoms with E-state index in [1.165, 1.54) is 18.2 Å². The Morgan fingerprint density at radius 3 is 2.86 bits per heavy atom. The van der Waals surface area contributed by atoms with Crippen LogP contribution in [0.15, 0.2) is 36.5 Å². The minimum absolute atomic E-state index is 0.0572. The standard InChI is InChI=1S/C14H13ClFN3O2/c1-9(5-10-3-2-4-11(16)6-10)18-14-13(15)7-12(8-17-14)19(20)21/h2-4,6-9H,5H2,1H3,(H,17,18). The van der Waals surface area contributed by atoms with E-state index in [1.54, 1.807) is 6.07 Å². The van der Waals surface area contributed by atoms with Crippen molar-refractivity contribution in [3.8, 4) is 0 Å². The average Bonchev–Trinajstić information content (AvgIpc) is 2.40. The van der Waals surface area contributed by atoms with Gasteiger partial charge in [0.25, 0.3) is 5.69 Å². The van der Waals surface area contributed by atoms with Crippen molar-refractivity contribution in [3.63, 3.8) is 0 Å². The van der Waals surface area contributed by atoms with Crippen molar-refractivity contribution in [2.24, 2.45) is 0 Å². The molecule has 0 bridgehead atoms. The SMILES string of the molecule is CC(Cc1cccc(F)c1)Nc1ncc([N+](=O)[O-])cc1Cl. The van der Waals surface area contributed by atoms with E-state index in [1.807, 2.05) is 13.0 Å². The summed E-state index contributed by atoms with van der Waals surface area (Å²) in [6, 6.07) is 7.50. The molecule has 1 N–H and O–H groups in total. The first kappa shape index (κ1) is 15.2. The zero-order valence-electron chi connectivity index (χ0n) is 11.2. The third-order valence-electron chi connectivity index (χ3n) is 2.85. The van der Waals surface area contributed by atoms with Gasteiger partial charge in [0.1, 0.15) is 17.8 Å². The number of aromatic nitrogens is 1. The highest BCUT2D eigenvalue weighted by Gasteiger charge is 2.13. The summed E-state index contributed by atoms with van der Waals surface area (Å²) in [6.07, 6.45) is 1.72. The quantitative estimate of drug-likeness (QED) is 0.673. The summed E-state index contributed by atoms with van der Waals surface area (Å²) in [4.78, 5) is 14.0. The van der Waals surface area contributed by atoms with Gasteiger partial charge in [-0.2, -0.15) is 0 Å². The lowest BCUT2D eigenvalue weighted by Gasteiger charge is -2.15. The van der Waals surface area contributed by atoms with E-state index in [2.05, 4.69) is 10.3 Å². The van der Waals surface area contributed by atoms with Gasteiger partial charge in [0.05, 0.1) is 9.95 Å². The molecule has 0 saturated heterocycles. The minimum Gasteiger partial charge on any atom is -0.366 e.